The molecule has 0 bridgehead atoms. The molecule has 0 radical (unpaired) electrons. The molecule has 26 heavy (non-hydrogen) atoms. The van der Waals surface area contributed by atoms with E-state index < -0.39 is 23.6 Å². The van der Waals surface area contributed by atoms with Crippen LogP contribution in [0.1, 0.15) is 43.5 Å². The molecule has 0 aliphatic rings. The minimum Gasteiger partial charge on any atom is -0.478 e. The second-order valence-corrected chi connectivity index (χ2v) is 6.10. The highest BCUT2D eigenvalue weighted by atomic mass is 19.1. The average molecular weight is 362 g/mol. The van der Waals surface area contributed by atoms with Crippen LogP contribution in [0.4, 0.5) is 8.78 Å². The van der Waals surface area contributed by atoms with Gasteiger partial charge in [0.25, 0.3) is 0 Å². The number of esters is 1. The first-order valence-electron chi connectivity index (χ1n) is 8.38. The third-order valence-corrected chi connectivity index (χ3v) is 4.06. The van der Waals surface area contributed by atoms with Gasteiger partial charge in [0.05, 0.1) is 5.92 Å². The molecule has 0 saturated carbocycles. The lowest BCUT2D eigenvalue weighted by Gasteiger charge is -2.13. The largest absolute Gasteiger partial charge is 0.478 e. The van der Waals surface area contributed by atoms with Gasteiger partial charge in [-0.2, -0.15) is 0 Å². The van der Waals surface area contributed by atoms with Gasteiger partial charge < -0.3 is 9.84 Å². The first-order valence-corrected chi connectivity index (χ1v) is 8.38. The van der Waals surface area contributed by atoms with Crippen LogP contribution in [0.2, 0.25) is 0 Å². The number of carbonyl (C=O) groups excluding carboxylic acids is 1. The van der Waals surface area contributed by atoms with Gasteiger partial charge in [-0.1, -0.05) is 32.8 Å². The fourth-order valence-electron chi connectivity index (χ4n) is 2.51. The number of rotatable bonds is 7. The van der Waals surface area contributed by atoms with E-state index >= 15 is 0 Å². The molecule has 0 aromatic heterocycles. The molecule has 2 rings (SSSR count). The number of ether oxygens (including phenoxy) is 1. The molecular formula is C20H20F2O4. The average Bonchev–Trinajstić information content (AvgIpc) is 2.60. The van der Waals surface area contributed by atoms with Crippen molar-refractivity contribution in [3.63, 3.8) is 0 Å². The summed E-state index contributed by atoms with van der Waals surface area (Å²) in [5.41, 5.74) is 0.0455. The third kappa shape index (κ3) is 4.65. The number of hydrogen-bond donors (Lipinski definition) is 1. The van der Waals surface area contributed by atoms with E-state index in [1.54, 1.807) is 6.92 Å². The molecule has 0 saturated heterocycles. The molecule has 1 atom stereocenters. The molecule has 6 heteroatoms. The van der Waals surface area contributed by atoms with Crippen LogP contribution in [0.15, 0.2) is 36.4 Å². The molecule has 0 spiro atoms. The Labute approximate surface area is 150 Å². The summed E-state index contributed by atoms with van der Waals surface area (Å²) in [5, 5.41) is 9.40. The highest BCUT2D eigenvalue weighted by Gasteiger charge is 2.20. The minimum absolute atomic E-state index is 0.0584. The summed E-state index contributed by atoms with van der Waals surface area (Å²) in [5.74, 6) is -3.81. The van der Waals surface area contributed by atoms with E-state index in [2.05, 4.69) is 0 Å². The highest BCUT2D eigenvalue weighted by molar-refractivity contribution is 5.94. The number of aromatic carboxylic acids is 1. The highest BCUT2D eigenvalue weighted by Crippen LogP contribution is 2.29. The van der Waals surface area contributed by atoms with Crippen molar-refractivity contribution in [3.05, 3.63) is 53.6 Å². The van der Waals surface area contributed by atoms with E-state index in [9.17, 15) is 23.5 Å². The third-order valence-electron chi connectivity index (χ3n) is 4.06. The van der Waals surface area contributed by atoms with E-state index in [0.717, 1.165) is 25.0 Å². The van der Waals surface area contributed by atoms with Gasteiger partial charge >= 0.3 is 11.9 Å². The molecule has 0 heterocycles. The van der Waals surface area contributed by atoms with Crippen LogP contribution < -0.4 is 4.74 Å². The minimum atomic E-state index is -1.31. The van der Waals surface area contributed by atoms with Crippen LogP contribution in [0.3, 0.4) is 0 Å². The SMILES string of the molecule is CCCCC(C)C(=O)Oc1ccc(-c2ccc(F)cc2F)cc1C(=O)O. The summed E-state index contributed by atoms with van der Waals surface area (Å²) in [6.07, 6.45) is 2.46. The molecule has 2 aromatic carbocycles. The van der Waals surface area contributed by atoms with E-state index in [1.165, 1.54) is 24.3 Å². The molecular weight excluding hydrogens is 342 g/mol. The molecule has 0 amide bonds. The Kier molecular flexibility index (Phi) is 6.44. The first-order chi connectivity index (χ1) is 12.3. The summed E-state index contributed by atoms with van der Waals surface area (Å²) < 4.78 is 32.2. The second-order valence-electron chi connectivity index (χ2n) is 6.10. The number of hydrogen-bond acceptors (Lipinski definition) is 3. The van der Waals surface area contributed by atoms with E-state index in [0.29, 0.717) is 6.42 Å². The molecule has 0 aliphatic carbocycles. The lowest BCUT2D eigenvalue weighted by atomic mass is 10.0. The number of carboxylic acids is 1. The summed E-state index contributed by atoms with van der Waals surface area (Å²) in [6.45, 7) is 3.73. The van der Waals surface area contributed by atoms with Crippen molar-refractivity contribution < 1.29 is 28.2 Å². The quantitative estimate of drug-likeness (QED) is 0.552. The topological polar surface area (TPSA) is 63.6 Å². The summed E-state index contributed by atoms with van der Waals surface area (Å²) in [6, 6.07) is 6.98. The number of benzene rings is 2. The van der Waals surface area contributed by atoms with Crippen molar-refractivity contribution in [2.45, 2.75) is 33.1 Å². The van der Waals surface area contributed by atoms with Gasteiger partial charge in [0.1, 0.15) is 22.9 Å². The zero-order valence-corrected chi connectivity index (χ0v) is 14.6. The van der Waals surface area contributed by atoms with Crippen LogP contribution in [0, 0.1) is 17.6 Å². The zero-order chi connectivity index (χ0) is 19.3. The smallest absolute Gasteiger partial charge is 0.339 e. The van der Waals surface area contributed by atoms with Gasteiger partial charge in [0.15, 0.2) is 0 Å². The van der Waals surface area contributed by atoms with Gasteiger partial charge in [0.2, 0.25) is 0 Å². The molecule has 0 aliphatic heterocycles. The van der Waals surface area contributed by atoms with Crippen LogP contribution in [-0.4, -0.2) is 17.0 Å². The van der Waals surface area contributed by atoms with Crippen molar-refractivity contribution in [2.24, 2.45) is 5.92 Å². The maximum Gasteiger partial charge on any atom is 0.339 e. The van der Waals surface area contributed by atoms with Crippen molar-refractivity contribution in [3.8, 4) is 16.9 Å². The second kappa shape index (κ2) is 8.56. The van der Waals surface area contributed by atoms with Gasteiger partial charge in [-0.05, 0) is 36.2 Å². The predicted molar refractivity (Wildman–Crippen MR) is 93.1 cm³/mol. The van der Waals surface area contributed by atoms with E-state index in [4.69, 9.17) is 4.74 Å². The standard InChI is InChI=1S/C20H20F2O4/c1-3-4-5-12(2)20(25)26-18-9-6-13(10-16(18)19(23)24)15-8-7-14(21)11-17(15)22/h6-12H,3-5H2,1-2H3,(H,23,24). The Morgan fingerprint density at radius 1 is 1.15 bits per heavy atom. The molecule has 138 valence electrons. The van der Waals surface area contributed by atoms with Crippen LogP contribution in [0.5, 0.6) is 5.75 Å². The van der Waals surface area contributed by atoms with Crippen LogP contribution in [-0.2, 0) is 4.79 Å². The molecule has 1 N–H and O–H groups in total. The Morgan fingerprint density at radius 3 is 2.50 bits per heavy atom. The van der Waals surface area contributed by atoms with E-state index in [1.807, 2.05) is 6.92 Å². The van der Waals surface area contributed by atoms with Crippen molar-refractivity contribution in [1.82, 2.24) is 0 Å². The Bertz CT molecular complexity index is 817. The summed E-state index contributed by atoms with van der Waals surface area (Å²) >= 11 is 0. The van der Waals surface area contributed by atoms with Crippen LogP contribution in [0.25, 0.3) is 11.1 Å². The summed E-state index contributed by atoms with van der Waals surface area (Å²) in [4.78, 5) is 23.6. The number of halogens is 2. The zero-order valence-electron chi connectivity index (χ0n) is 14.6. The maximum absolute atomic E-state index is 13.9. The molecule has 2 aromatic rings. The van der Waals surface area contributed by atoms with Crippen LogP contribution >= 0.6 is 0 Å². The molecule has 4 nitrogen and oxygen atoms in total. The monoisotopic (exact) mass is 362 g/mol. The first kappa shape index (κ1) is 19.6. The normalized spacial score (nSPS) is 11.8. The number of unbranched alkanes of at least 4 members (excludes halogenated alkanes) is 1. The fraction of sp³-hybridized carbons (Fsp3) is 0.300. The van der Waals surface area contributed by atoms with Gasteiger partial charge in [0, 0.05) is 11.6 Å². The van der Waals surface area contributed by atoms with Gasteiger partial charge in [-0.25, -0.2) is 13.6 Å². The molecule has 1 unspecified atom stereocenters. The Morgan fingerprint density at radius 2 is 1.88 bits per heavy atom. The lowest BCUT2D eigenvalue weighted by Crippen LogP contribution is -2.19. The maximum atomic E-state index is 13.9. The summed E-state index contributed by atoms with van der Waals surface area (Å²) in [7, 11) is 0. The number of carboxylic acid groups (broad SMARTS) is 1. The van der Waals surface area contributed by atoms with Gasteiger partial charge in [-0.15, -0.1) is 0 Å². The van der Waals surface area contributed by atoms with Crippen molar-refractivity contribution in [1.29, 1.82) is 0 Å². The van der Waals surface area contributed by atoms with Crippen molar-refractivity contribution in [2.75, 3.05) is 0 Å². The fourth-order valence-corrected chi connectivity index (χ4v) is 2.51. The Hall–Kier alpha value is -2.76. The lowest BCUT2D eigenvalue weighted by molar-refractivity contribution is -0.138. The Balaban J connectivity index is 2.32. The van der Waals surface area contributed by atoms with Crippen molar-refractivity contribution >= 4 is 11.9 Å². The predicted octanol–water partition coefficient (Wildman–Crippen LogP) is 5.06. The van der Waals surface area contributed by atoms with Gasteiger partial charge in [-0.3, -0.25) is 4.79 Å². The number of carbonyl (C=O) groups is 2. The molecule has 0 fully saturated rings. The van der Waals surface area contributed by atoms with E-state index in [-0.39, 0.29) is 28.4 Å².